The van der Waals surface area contributed by atoms with Gasteiger partial charge in [0.25, 0.3) is 0 Å². The van der Waals surface area contributed by atoms with Crippen LogP contribution in [0.5, 0.6) is 5.75 Å². The van der Waals surface area contributed by atoms with Gasteiger partial charge in [-0.2, -0.15) is 0 Å². The summed E-state index contributed by atoms with van der Waals surface area (Å²) < 4.78 is 29.1. The monoisotopic (exact) mass is 1050 g/mol. The Balaban J connectivity index is 0.00000703. The maximum atomic E-state index is 12.5. The number of aryl methyl sites for hydroxylation is 3. The van der Waals surface area contributed by atoms with Crippen LogP contribution in [0.4, 0.5) is 0 Å². The number of nitrogens with zero attached hydrogens (tertiary/aromatic N) is 3. The molecule has 0 unspecified atom stereocenters. The van der Waals surface area contributed by atoms with E-state index in [9.17, 15) is 5.11 Å². The second-order valence-corrected chi connectivity index (χ2v) is 22.2. The number of aromatic hydroxyl groups is 1. The fourth-order valence-corrected chi connectivity index (χ4v) is 8.81. The number of benzene rings is 6. The number of pyridine rings is 1. The molecule has 0 radical (unpaired) electrons. The van der Waals surface area contributed by atoms with Crippen LogP contribution in [0.3, 0.4) is 0 Å². The van der Waals surface area contributed by atoms with Gasteiger partial charge in [0.1, 0.15) is 11.6 Å². The van der Waals surface area contributed by atoms with Crippen molar-refractivity contribution in [3.05, 3.63) is 166 Å². The normalized spacial score (nSPS) is 13.3. The van der Waals surface area contributed by atoms with Crippen LogP contribution < -0.4 is 0 Å². The van der Waals surface area contributed by atoms with Crippen molar-refractivity contribution in [1.82, 2.24) is 14.5 Å². The van der Waals surface area contributed by atoms with E-state index >= 15 is 0 Å². The summed E-state index contributed by atoms with van der Waals surface area (Å²) in [5, 5.41) is 12.5. The Morgan fingerprint density at radius 1 is 0.561 bits per heavy atom. The summed E-state index contributed by atoms with van der Waals surface area (Å²) >= 11 is 0. The molecule has 0 saturated heterocycles. The quantitative estimate of drug-likeness (QED) is 0.169. The first kappa shape index (κ1) is 44.3. The van der Waals surface area contributed by atoms with Gasteiger partial charge in [-0.05, 0) is 112 Å². The van der Waals surface area contributed by atoms with E-state index in [1.54, 1.807) is 6.07 Å². The van der Waals surface area contributed by atoms with Crippen LogP contribution in [-0.2, 0) is 42.7 Å². The molecule has 2 aromatic heterocycles. The van der Waals surface area contributed by atoms with E-state index in [2.05, 4.69) is 182 Å². The first-order valence-corrected chi connectivity index (χ1v) is 22.9. The molecule has 5 heteroatoms. The third-order valence-electron chi connectivity index (χ3n) is 12.6. The number of phenols is 1. The number of aromatic nitrogens is 3. The SMILES string of the molecule is [2H]C([2H])([2H])c1cc(-c2ccc(C(C)(C)C)cc2)ccc1-n1c(-c2cc(C(C)(C)C)cc(C(C)(C)C)c2O)nc2c(-c3[c-]c(-c4cc(-c5cc(C)cc(C)c5)ccn4)cc(C(C)(C)C)c3)cccc21.[Pt]. The van der Waals surface area contributed by atoms with E-state index in [-0.39, 0.29) is 48.6 Å². The molecule has 0 saturated carbocycles. The van der Waals surface area contributed by atoms with Crippen LogP contribution in [0.1, 0.15) is 126 Å². The van der Waals surface area contributed by atoms with Gasteiger partial charge in [-0.1, -0.05) is 178 Å². The van der Waals surface area contributed by atoms with Gasteiger partial charge in [-0.3, -0.25) is 9.55 Å². The van der Waals surface area contributed by atoms with Gasteiger partial charge in [0, 0.05) is 42.6 Å². The number of phenolic OH excluding ortho intramolecular Hbond substituents is 1. The number of para-hydroxylation sites is 1. The number of imidazole rings is 1. The zero-order valence-corrected chi connectivity index (χ0v) is 43.4. The fourth-order valence-electron chi connectivity index (χ4n) is 8.81. The molecule has 0 atom stereocenters. The van der Waals surface area contributed by atoms with Crippen molar-refractivity contribution in [2.24, 2.45) is 0 Å². The van der Waals surface area contributed by atoms with E-state index < -0.39 is 12.3 Å². The van der Waals surface area contributed by atoms with Crippen molar-refractivity contribution in [2.45, 2.75) is 125 Å². The summed E-state index contributed by atoms with van der Waals surface area (Å²) in [6, 6.07) is 43.2. The summed E-state index contributed by atoms with van der Waals surface area (Å²) in [6.07, 6.45) is 1.87. The summed E-state index contributed by atoms with van der Waals surface area (Å²) in [7, 11) is 0. The third-order valence-corrected chi connectivity index (χ3v) is 12.6. The molecular weight excluding hydrogens is 986 g/mol. The third kappa shape index (κ3) is 9.63. The number of hydrogen-bond donors (Lipinski definition) is 1. The van der Waals surface area contributed by atoms with Crippen molar-refractivity contribution in [3.63, 3.8) is 0 Å². The van der Waals surface area contributed by atoms with Crippen LogP contribution in [0.2, 0.25) is 0 Å². The zero-order valence-electron chi connectivity index (χ0n) is 44.2. The van der Waals surface area contributed by atoms with Crippen LogP contribution in [0.25, 0.3) is 72.7 Å². The predicted octanol–water partition coefficient (Wildman–Crippen LogP) is 16.4. The minimum atomic E-state index is -2.50. The van der Waals surface area contributed by atoms with Crippen molar-refractivity contribution in [1.29, 1.82) is 0 Å². The van der Waals surface area contributed by atoms with E-state index in [1.165, 1.54) is 16.7 Å². The molecule has 0 amide bonds. The molecule has 66 heavy (non-hydrogen) atoms. The first-order valence-electron chi connectivity index (χ1n) is 24.4. The van der Waals surface area contributed by atoms with E-state index in [4.69, 9.17) is 14.1 Å². The molecule has 0 fully saturated rings. The Morgan fingerprint density at radius 2 is 1.17 bits per heavy atom. The van der Waals surface area contributed by atoms with E-state index in [1.807, 2.05) is 41.1 Å². The van der Waals surface area contributed by atoms with Crippen LogP contribution in [0, 0.1) is 26.8 Å². The number of hydrogen-bond acceptors (Lipinski definition) is 3. The van der Waals surface area contributed by atoms with Gasteiger partial charge >= 0.3 is 0 Å². The van der Waals surface area contributed by atoms with Crippen LogP contribution in [0.15, 0.2) is 121 Å². The predicted molar refractivity (Wildman–Crippen MR) is 276 cm³/mol. The van der Waals surface area contributed by atoms with Crippen molar-refractivity contribution >= 4 is 11.0 Å². The number of rotatable bonds is 6. The standard InChI is InChI=1S/C61H66N3O.Pt/c1-37-27-38(2)29-43(28-37)42-25-26-62-52(34-42)45-31-44(32-47(33-45)59(7,8)9)49-17-16-18-54-55(49)63-57(50-35-48(60(10,11)12)36-51(56(50)65)61(13,14)15)64(54)53-24-21-41(30-39(53)3)40-19-22-46(23-20-40)58(4,5)6;/h16-30,32-36,65H,1-15H3;/q-1;/i3D3;. The van der Waals surface area contributed by atoms with Gasteiger partial charge in [0.05, 0.1) is 22.3 Å². The van der Waals surface area contributed by atoms with E-state index in [0.717, 1.165) is 61.3 Å². The largest absolute Gasteiger partial charge is 0.507 e. The second kappa shape index (κ2) is 17.6. The summed E-state index contributed by atoms with van der Waals surface area (Å²) in [5.41, 5.74) is 15.4. The molecule has 0 spiro atoms. The maximum Gasteiger partial charge on any atom is 0.148 e. The van der Waals surface area contributed by atoms with Gasteiger partial charge in [-0.15, -0.1) is 29.3 Å². The Hall–Kier alpha value is -5.57. The smallest absolute Gasteiger partial charge is 0.148 e. The molecule has 8 rings (SSSR count). The molecule has 0 aliphatic carbocycles. The molecule has 0 bridgehead atoms. The molecular formula is C61H66N3OPt-. The Bertz CT molecular complexity index is 3200. The fraction of sp³-hybridized carbons (Fsp3) is 0.311. The minimum Gasteiger partial charge on any atom is -0.507 e. The Labute approximate surface area is 413 Å². The zero-order chi connectivity index (χ0) is 49.5. The Kier molecular flexibility index (Phi) is 11.8. The van der Waals surface area contributed by atoms with Gasteiger partial charge in [0.15, 0.2) is 0 Å². The van der Waals surface area contributed by atoms with E-state index in [0.29, 0.717) is 28.1 Å². The molecule has 0 aliphatic heterocycles. The minimum absolute atomic E-state index is 0. The second-order valence-electron chi connectivity index (χ2n) is 22.2. The summed E-state index contributed by atoms with van der Waals surface area (Å²) in [6.45, 7) is 27.7. The molecule has 4 nitrogen and oxygen atoms in total. The summed E-state index contributed by atoms with van der Waals surface area (Å²) in [4.78, 5) is 10.4. The van der Waals surface area contributed by atoms with Crippen LogP contribution >= 0.6 is 0 Å². The molecule has 6 aromatic carbocycles. The molecule has 1 N–H and O–H groups in total. The number of fused-ring (bicyclic) bond motifs is 1. The average molecular weight is 1060 g/mol. The van der Waals surface area contributed by atoms with Gasteiger partial charge in [-0.25, -0.2) is 4.98 Å². The average Bonchev–Trinajstić information content (AvgIpc) is 3.63. The molecule has 8 aromatic rings. The molecule has 342 valence electrons. The van der Waals surface area contributed by atoms with Crippen molar-refractivity contribution < 1.29 is 30.3 Å². The van der Waals surface area contributed by atoms with Crippen LogP contribution in [-0.4, -0.2) is 19.6 Å². The first-order chi connectivity index (χ1) is 31.6. The molecule has 0 aliphatic rings. The van der Waals surface area contributed by atoms with Crippen molar-refractivity contribution in [3.8, 4) is 67.5 Å². The summed E-state index contributed by atoms with van der Waals surface area (Å²) in [5.74, 6) is 0.567. The van der Waals surface area contributed by atoms with Crippen molar-refractivity contribution in [2.75, 3.05) is 0 Å². The van der Waals surface area contributed by atoms with Gasteiger partial charge < -0.3 is 5.11 Å². The Morgan fingerprint density at radius 3 is 1.79 bits per heavy atom. The van der Waals surface area contributed by atoms with Gasteiger partial charge in [0.2, 0.25) is 0 Å². The topological polar surface area (TPSA) is 50.9 Å². The molecule has 2 heterocycles. The maximum absolute atomic E-state index is 12.5.